The Bertz CT molecular complexity index is 1740. The van der Waals surface area contributed by atoms with Crippen molar-refractivity contribution >= 4 is 45.3 Å². The zero-order valence-electron chi connectivity index (χ0n) is 27.3. The first-order chi connectivity index (χ1) is 24.0. The zero-order valence-corrected chi connectivity index (χ0v) is 28.1. The van der Waals surface area contributed by atoms with Gasteiger partial charge < -0.3 is 31.3 Å². The highest BCUT2D eigenvalue weighted by molar-refractivity contribution is 7.91. The molecular weight excluding hydrogens is 699 g/mol. The fraction of sp³-hybridized carbons (Fsp3) is 0.455. The van der Waals surface area contributed by atoms with Crippen LogP contribution < -0.4 is 21.3 Å². The van der Waals surface area contributed by atoms with Gasteiger partial charge in [0.1, 0.15) is 18.1 Å². The summed E-state index contributed by atoms with van der Waals surface area (Å²) < 4.78 is 65.3. The molecule has 2 aromatic carbocycles. The number of hydrogen-bond donors (Lipinski definition) is 5. The number of amides is 5. The van der Waals surface area contributed by atoms with E-state index >= 15 is 0 Å². The topological polar surface area (TPSA) is 208 Å². The SMILES string of the molecule is O=C1CC[C@@H](C(=O)O)NC(=O)[C@@H]2C[C@@H](NC(=O)c3cccc(C(F)(F)F)c3)CN2C(=O)[C@@H](NC(=O)CCS(=O)(=O)c2ccccc2)CCCCN1. The van der Waals surface area contributed by atoms with Gasteiger partial charge in [-0.05, 0) is 62.4 Å². The molecule has 18 heteroatoms. The summed E-state index contributed by atoms with van der Waals surface area (Å²) in [6.45, 7) is -0.156. The minimum Gasteiger partial charge on any atom is -0.480 e. The summed E-state index contributed by atoms with van der Waals surface area (Å²) in [7, 11) is -3.84. The minimum absolute atomic E-state index is 0.00800. The Kier molecular flexibility index (Phi) is 12.8. The van der Waals surface area contributed by atoms with Crippen LogP contribution in [-0.4, -0.2) is 96.9 Å². The predicted molar refractivity (Wildman–Crippen MR) is 174 cm³/mol. The second kappa shape index (κ2) is 16.8. The van der Waals surface area contributed by atoms with E-state index in [4.69, 9.17) is 0 Å². The quantitative estimate of drug-likeness (QED) is 0.265. The van der Waals surface area contributed by atoms with Crippen LogP contribution in [0.3, 0.4) is 0 Å². The number of sulfone groups is 1. The van der Waals surface area contributed by atoms with E-state index in [9.17, 15) is 55.5 Å². The van der Waals surface area contributed by atoms with Crippen LogP contribution in [-0.2, 0) is 40.0 Å². The van der Waals surface area contributed by atoms with Crippen LogP contribution in [0.4, 0.5) is 13.2 Å². The van der Waals surface area contributed by atoms with E-state index < -0.39 is 93.4 Å². The van der Waals surface area contributed by atoms with Crippen LogP contribution in [0.25, 0.3) is 0 Å². The summed E-state index contributed by atoms with van der Waals surface area (Å²) in [5.74, 6) is -5.88. The first-order valence-corrected chi connectivity index (χ1v) is 17.9. The molecule has 2 aliphatic heterocycles. The number of hydrogen-bond acceptors (Lipinski definition) is 8. The molecule has 0 radical (unpaired) electrons. The first kappa shape index (κ1) is 38.8. The normalized spacial score (nSPS) is 22.4. The molecule has 51 heavy (non-hydrogen) atoms. The number of carboxylic acids is 1. The van der Waals surface area contributed by atoms with Gasteiger partial charge in [0.25, 0.3) is 5.91 Å². The van der Waals surface area contributed by atoms with E-state index in [1.54, 1.807) is 6.07 Å². The molecule has 2 fully saturated rings. The molecule has 2 heterocycles. The number of nitrogens with one attached hydrogen (secondary N) is 4. The van der Waals surface area contributed by atoms with Gasteiger partial charge in [0.2, 0.25) is 23.6 Å². The fourth-order valence-corrected chi connectivity index (χ4v) is 7.09. The third kappa shape index (κ3) is 10.7. The molecule has 14 nitrogen and oxygen atoms in total. The van der Waals surface area contributed by atoms with Crippen molar-refractivity contribution in [3.05, 3.63) is 65.7 Å². The van der Waals surface area contributed by atoms with Gasteiger partial charge >= 0.3 is 12.1 Å². The van der Waals surface area contributed by atoms with E-state index in [1.807, 2.05) is 0 Å². The van der Waals surface area contributed by atoms with Crippen molar-refractivity contribution in [2.45, 2.75) is 80.2 Å². The summed E-state index contributed by atoms with van der Waals surface area (Å²) in [5.41, 5.74) is -1.39. The first-order valence-electron chi connectivity index (χ1n) is 16.2. The van der Waals surface area contributed by atoms with Crippen LogP contribution >= 0.6 is 0 Å². The number of fused-ring (bicyclic) bond motifs is 1. The van der Waals surface area contributed by atoms with Crippen molar-refractivity contribution < 1.29 is 55.5 Å². The molecule has 0 aliphatic carbocycles. The molecule has 2 saturated heterocycles. The highest BCUT2D eigenvalue weighted by atomic mass is 32.2. The molecule has 5 N–H and O–H groups in total. The van der Waals surface area contributed by atoms with Crippen LogP contribution in [0.1, 0.15) is 60.9 Å². The number of carboxylic acid groups (broad SMARTS) is 1. The Hall–Kier alpha value is -5.00. The van der Waals surface area contributed by atoms with Gasteiger partial charge in [-0.15, -0.1) is 0 Å². The Morgan fingerprint density at radius 1 is 0.961 bits per heavy atom. The van der Waals surface area contributed by atoms with Crippen molar-refractivity contribution in [3.8, 4) is 0 Å². The number of carbonyl (C=O) groups is 6. The zero-order chi connectivity index (χ0) is 37.3. The largest absolute Gasteiger partial charge is 0.480 e. The Labute approximate surface area is 291 Å². The lowest BCUT2D eigenvalue weighted by molar-refractivity contribution is -0.145. The number of carbonyl (C=O) groups excluding carboxylic acids is 5. The summed E-state index contributed by atoms with van der Waals surface area (Å²) >= 11 is 0. The monoisotopic (exact) mass is 737 g/mol. The van der Waals surface area contributed by atoms with Crippen LogP contribution in [0.15, 0.2) is 59.5 Å². The van der Waals surface area contributed by atoms with Gasteiger partial charge in [-0.3, -0.25) is 24.0 Å². The van der Waals surface area contributed by atoms with Crippen molar-refractivity contribution in [1.82, 2.24) is 26.2 Å². The summed E-state index contributed by atoms with van der Waals surface area (Å²) in [5, 5.41) is 19.8. The van der Waals surface area contributed by atoms with Crippen molar-refractivity contribution in [2.75, 3.05) is 18.8 Å². The van der Waals surface area contributed by atoms with Crippen LogP contribution in [0.5, 0.6) is 0 Å². The van der Waals surface area contributed by atoms with E-state index in [-0.39, 0.29) is 55.7 Å². The van der Waals surface area contributed by atoms with Crippen molar-refractivity contribution in [3.63, 3.8) is 0 Å². The summed E-state index contributed by atoms with van der Waals surface area (Å²) in [6, 6.07) is 5.93. The van der Waals surface area contributed by atoms with Crippen LogP contribution in [0, 0.1) is 0 Å². The average molecular weight is 738 g/mol. The van der Waals surface area contributed by atoms with Crippen molar-refractivity contribution in [2.24, 2.45) is 0 Å². The second-order valence-corrected chi connectivity index (χ2v) is 14.4. The molecule has 0 bridgehead atoms. The number of rotatable bonds is 8. The Morgan fingerprint density at radius 3 is 2.37 bits per heavy atom. The van der Waals surface area contributed by atoms with Gasteiger partial charge in [0.05, 0.1) is 16.2 Å². The van der Waals surface area contributed by atoms with Gasteiger partial charge in [-0.1, -0.05) is 24.3 Å². The molecule has 2 aliphatic rings. The predicted octanol–water partition coefficient (Wildman–Crippen LogP) is 1.40. The summed E-state index contributed by atoms with van der Waals surface area (Å²) in [6.07, 6.45) is -5.33. The van der Waals surface area contributed by atoms with E-state index in [2.05, 4.69) is 21.3 Å². The van der Waals surface area contributed by atoms with Gasteiger partial charge in [0, 0.05) is 37.5 Å². The van der Waals surface area contributed by atoms with E-state index in [1.165, 1.54) is 24.3 Å². The highest BCUT2D eigenvalue weighted by Gasteiger charge is 2.43. The molecule has 5 amide bonds. The Balaban J connectivity index is 1.58. The lowest BCUT2D eigenvalue weighted by Crippen LogP contribution is -2.55. The maximum absolute atomic E-state index is 14.1. The van der Waals surface area contributed by atoms with E-state index in [0.29, 0.717) is 12.5 Å². The van der Waals surface area contributed by atoms with Gasteiger partial charge in [-0.25, -0.2) is 13.2 Å². The number of alkyl halides is 3. The lowest BCUT2D eigenvalue weighted by Gasteiger charge is -2.29. The third-order valence-corrected chi connectivity index (χ3v) is 10.3. The Morgan fingerprint density at radius 2 is 1.69 bits per heavy atom. The molecule has 4 atom stereocenters. The van der Waals surface area contributed by atoms with Gasteiger partial charge in [-0.2, -0.15) is 13.2 Å². The molecule has 0 spiro atoms. The molecule has 2 aromatic rings. The third-order valence-electron chi connectivity index (χ3n) is 8.52. The standard InChI is InChI=1S/C33H38F3N5O9S/c34-33(35,36)21-8-6-7-20(17-21)29(44)38-22-18-26-30(45)40-25(32(47)48)12-13-27(42)37-15-5-4-11-24(31(46)41(26)19-22)39-28(43)14-16-51(49,50)23-9-2-1-3-10-23/h1-3,6-10,17,22,24-26H,4-5,11-16,18-19H2,(H,37,42)(H,38,44)(H,39,43)(H,40,45)(H,47,48)/t22-,24+,25+,26+/m1/s1. The minimum atomic E-state index is -4.72. The maximum Gasteiger partial charge on any atom is 0.416 e. The average Bonchev–Trinajstić information content (AvgIpc) is 3.51. The number of aliphatic carboxylic acids is 1. The molecule has 0 aromatic heterocycles. The smallest absolute Gasteiger partial charge is 0.416 e. The number of benzene rings is 2. The molecule has 276 valence electrons. The van der Waals surface area contributed by atoms with Crippen LogP contribution in [0.2, 0.25) is 0 Å². The van der Waals surface area contributed by atoms with E-state index in [0.717, 1.165) is 23.1 Å². The van der Waals surface area contributed by atoms with Gasteiger partial charge in [0.15, 0.2) is 9.84 Å². The molecule has 0 unspecified atom stereocenters. The highest BCUT2D eigenvalue weighted by Crippen LogP contribution is 2.30. The summed E-state index contributed by atoms with van der Waals surface area (Å²) in [4.78, 5) is 79.1. The van der Waals surface area contributed by atoms with Crippen molar-refractivity contribution in [1.29, 1.82) is 0 Å². The number of nitrogens with zero attached hydrogens (tertiary/aromatic N) is 1. The second-order valence-electron chi connectivity index (χ2n) is 12.3. The molecular formula is C33H38F3N5O9S. The maximum atomic E-state index is 14.1. The fourth-order valence-electron chi connectivity index (χ4n) is 5.83. The number of halogens is 3. The lowest BCUT2D eigenvalue weighted by atomic mass is 10.1. The molecule has 4 rings (SSSR count). The molecule has 0 saturated carbocycles.